The quantitative estimate of drug-likeness (QED) is 0.618. The van der Waals surface area contributed by atoms with Crippen molar-refractivity contribution in [2.24, 2.45) is 7.05 Å². The topological polar surface area (TPSA) is 30.7 Å². The van der Waals surface area contributed by atoms with E-state index in [0.717, 1.165) is 11.0 Å². The Morgan fingerprint density at radius 2 is 2.00 bits per heavy atom. The molecule has 0 fully saturated rings. The SMILES string of the molecule is CC.Cc1ccnc2c1cnn2C. The van der Waals surface area contributed by atoms with Gasteiger partial charge in [0.25, 0.3) is 0 Å². The molecule has 0 saturated carbocycles. The molecule has 0 amide bonds. The van der Waals surface area contributed by atoms with Gasteiger partial charge in [0.05, 0.1) is 6.20 Å². The number of rotatable bonds is 0. The lowest BCUT2D eigenvalue weighted by Gasteiger charge is -1.93. The molecule has 3 heteroatoms. The molecule has 0 atom stereocenters. The highest BCUT2D eigenvalue weighted by molar-refractivity contribution is 5.77. The molecule has 2 rings (SSSR count). The lowest BCUT2D eigenvalue weighted by molar-refractivity contribution is 0.786. The Balaban J connectivity index is 0.000000396. The van der Waals surface area contributed by atoms with Crippen LogP contribution in [0.5, 0.6) is 0 Å². The molecule has 2 aromatic heterocycles. The summed E-state index contributed by atoms with van der Waals surface area (Å²) < 4.78 is 1.78. The van der Waals surface area contributed by atoms with Crippen molar-refractivity contribution in [3.63, 3.8) is 0 Å². The predicted octanol–water partition coefficient (Wildman–Crippen LogP) is 2.30. The first-order valence-electron chi connectivity index (χ1n) is 4.52. The number of hydrogen-bond acceptors (Lipinski definition) is 2. The highest BCUT2D eigenvalue weighted by Crippen LogP contribution is 2.13. The average Bonchev–Trinajstić information content (AvgIpc) is 2.53. The van der Waals surface area contributed by atoms with Gasteiger partial charge >= 0.3 is 0 Å². The lowest BCUT2D eigenvalue weighted by atomic mass is 10.2. The second kappa shape index (κ2) is 4.03. The third-order valence-corrected chi connectivity index (χ3v) is 1.85. The predicted molar refractivity (Wildman–Crippen MR) is 54.6 cm³/mol. The number of hydrogen-bond donors (Lipinski definition) is 0. The van der Waals surface area contributed by atoms with Crippen LogP contribution in [0.4, 0.5) is 0 Å². The maximum Gasteiger partial charge on any atom is 0.157 e. The van der Waals surface area contributed by atoms with Crippen molar-refractivity contribution in [2.75, 3.05) is 0 Å². The molecule has 2 aromatic rings. The minimum absolute atomic E-state index is 0.949. The van der Waals surface area contributed by atoms with Gasteiger partial charge in [-0.2, -0.15) is 5.10 Å². The van der Waals surface area contributed by atoms with E-state index in [1.807, 2.05) is 33.2 Å². The van der Waals surface area contributed by atoms with Gasteiger partial charge in [0, 0.05) is 18.6 Å². The fourth-order valence-corrected chi connectivity index (χ4v) is 1.17. The molecule has 2 heterocycles. The molecule has 0 spiro atoms. The maximum absolute atomic E-state index is 4.20. The van der Waals surface area contributed by atoms with E-state index in [9.17, 15) is 0 Å². The largest absolute Gasteiger partial charge is 0.250 e. The normalized spacial score (nSPS) is 9.54. The average molecular weight is 177 g/mol. The monoisotopic (exact) mass is 177 g/mol. The molecule has 0 radical (unpaired) electrons. The first-order valence-corrected chi connectivity index (χ1v) is 4.52. The van der Waals surface area contributed by atoms with Gasteiger partial charge in [0.15, 0.2) is 5.65 Å². The van der Waals surface area contributed by atoms with E-state index in [0.29, 0.717) is 0 Å². The van der Waals surface area contributed by atoms with Crippen LogP contribution in [-0.4, -0.2) is 14.8 Å². The number of aryl methyl sites for hydroxylation is 2. The molecule has 70 valence electrons. The molecule has 0 bridgehead atoms. The smallest absolute Gasteiger partial charge is 0.157 e. The van der Waals surface area contributed by atoms with Crippen molar-refractivity contribution in [3.05, 3.63) is 24.0 Å². The van der Waals surface area contributed by atoms with Gasteiger partial charge in [-0.3, -0.25) is 4.68 Å². The van der Waals surface area contributed by atoms with Crippen LogP contribution in [0.2, 0.25) is 0 Å². The van der Waals surface area contributed by atoms with Crippen molar-refractivity contribution in [3.8, 4) is 0 Å². The zero-order valence-corrected chi connectivity index (χ0v) is 8.57. The Morgan fingerprint density at radius 1 is 1.31 bits per heavy atom. The lowest BCUT2D eigenvalue weighted by Crippen LogP contribution is -1.90. The van der Waals surface area contributed by atoms with E-state index in [4.69, 9.17) is 0 Å². The summed E-state index contributed by atoms with van der Waals surface area (Å²) in [6, 6.07) is 1.99. The van der Waals surface area contributed by atoms with Crippen molar-refractivity contribution < 1.29 is 0 Å². The molecule has 13 heavy (non-hydrogen) atoms. The fraction of sp³-hybridized carbons (Fsp3) is 0.400. The zero-order chi connectivity index (χ0) is 9.84. The van der Waals surface area contributed by atoms with Crippen molar-refractivity contribution >= 4 is 11.0 Å². The minimum atomic E-state index is 0.949. The summed E-state index contributed by atoms with van der Waals surface area (Å²) in [5.41, 5.74) is 2.17. The zero-order valence-electron chi connectivity index (χ0n) is 8.57. The van der Waals surface area contributed by atoms with E-state index < -0.39 is 0 Å². The Kier molecular flexibility index (Phi) is 3.01. The summed E-state index contributed by atoms with van der Waals surface area (Å²) in [6.07, 6.45) is 3.65. The molecule has 0 aliphatic heterocycles. The third kappa shape index (κ3) is 1.69. The first-order chi connectivity index (χ1) is 6.29. The van der Waals surface area contributed by atoms with Crippen LogP contribution < -0.4 is 0 Å². The van der Waals surface area contributed by atoms with Crippen LogP contribution in [0.1, 0.15) is 19.4 Å². The van der Waals surface area contributed by atoms with E-state index in [1.54, 1.807) is 10.9 Å². The highest BCUT2D eigenvalue weighted by atomic mass is 15.3. The van der Waals surface area contributed by atoms with Crippen LogP contribution in [-0.2, 0) is 7.05 Å². The Morgan fingerprint density at radius 3 is 2.62 bits per heavy atom. The maximum atomic E-state index is 4.20. The van der Waals surface area contributed by atoms with E-state index in [1.165, 1.54) is 5.56 Å². The van der Waals surface area contributed by atoms with Gasteiger partial charge in [-0.25, -0.2) is 4.98 Å². The Hall–Kier alpha value is -1.38. The summed E-state index contributed by atoms with van der Waals surface area (Å²) in [4.78, 5) is 4.20. The molecule has 0 saturated heterocycles. The molecule has 0 aliphatic carbocycles. The molecule has 0 aliphatic rings. The molecule has 0 aromatic carbocycles. The molecular formula is C10H15N3. The van der Waals surface area contributed by atoms with E-state index >= 15 is 0 Å². The number of nitrogens with zero attached hydrogens (tertiary/aromatic N) is 3. The van der Waals surface area contributed by atoms with Gasteiger partial charge in [0.2, 0.25) is 0 Å². The second-order valence-corrected chi connectivity index (χ2v) is 2.63. The van der Waals surface area contributed by atoms with Gasteiger partial charge in [-0.1, -0.05) is 13.8 Å². The molecule has 0 unspecified atom stereocenters. The van der Waals surface area contributed by atoms with Gasteiger partial charge in [-0.05, 0) is 18.6 Å². The van der Waals surface area contributed by atoms with E-state index in [2.05, 4.69) is 17.0 Å². The third-order valence-electron chi connectivity index (χ3n) is 1.85. The van der Waals surface area contributed by atoms with Crippen molar-refractivity contribution in [1.29, 1.82) is 0 Å². The van der Waals surface area contributed by atoms with Crippen LogP contribution in [0.3, 0.4) is 0 Å². The molecule has 0 N–H and O–H groups in total. The Bertz CT molecular complexity index is 390. The summed E-state index contributed by atoms with van der Waals surface area (Å²) in [7, 11) is 1.90. The van der Waals surface area contributed by atoms with Crippen molar-refractivity contribution in [1.82, 2.24) is 14.8 Å². The summed E-state index contributed by atoms with van der Waals surface area (Å²) in [5.74, 6) is 0. The number of aromatic nitrogens is 3. The number of pyridine rings is 1. The van der Waals surface area contributed by atoms with Crippen LogP contribution in [0.25, 0.3) is 11.0 Å². The minimum Gasteiger partial charge on any atom is -0.250 e. The van der Waals surface area contributed by atoms with Crippen molar-refractivity contribution in [2.45, 2.75) is 20.8 Å². The van der Waals surface area contributed by atoms with Gasteiger partial charge in [0.1, 0.15) is 0 Å². The van der Waals surface area contributed by atoms with Crippen LogP contribution in [0, 0.1) is 6.92 Å². The summed E-state index contributed by atoms with van der Waals surface area (Å²) in [5, 5.41) is 5.24. The van der Waals surface area contributed by atoms with E-state index in [-0.39, 0.29) is 0 Å². The van der Waals surface area contributed by atoms with Gasteiger partial charge < -0.3 is 0 Å². The van der Waals surface area contributed by atoms with Crippen LogP contribution in [0.15, 0.2) is 18.5 Å². The molecule has 3 nitrogen and oxygen atoms in total. The van der Waals surface area contributed by atoms with Gasteiger partial charge in [-0.15, -0.1) is 0 Å². The Labute approximate surface area is 78.4 Å². The van der Waals surface area contributed by atoms with Crippen LogP contribution >= 0.6 is 0 Å². The first kappa shape index (κ1) is 9.71. The second-order valence-electron chi connectivity index (χ2n) is 2.63. The summed E-state index contributed by atoms with van der Waals surface area (Å²) in [6.45, 7) is 6.06. The number of fused-ring (bicyclic) bond motifs is 1. The standard InChI is InChI=1S/C8H9N3.C2H6/c1-6-3-4-9-8-7(6)5-10-11(8)2;1-2/h3-5H,1-2H3;1-2H3. The highest BCUT2D eigenvalue weighted by Gasteiger charge is 2.00. The summed E-state index contributed by atoms with van der Waals surface area (Å²) >= 11 is 0. The fourth-order valence-electron chi connectivity index (χ4n) is 1.17. The molecular weight excluding hydrogens is 162 g/mol.